The fraction of sp³-hybridized carbons (Fsp3) is 0.0556. The van der Waals surface area contributed by atoms with Gasteiger partial charge < -0.3 is 4.74 Å². The minimum absolute atomic E-state index is 0.0890. The zero-order valence-corrected chi connectivity index (χ0v) is 15.4. The molecule has 2 aromatic heterocycles. The molecule has 0 amide bonds. The second kappa shape index (κ2) is 6.09. The number of benzene rings is 2. The lowest BCUT2D eigenvalue weighted by Crippen LogP contribution is -2.22. The van der Waals surface area contributed by atoms with Crippen LogP contribution in [0.4, 0.5) is 0 Å². The predicted octanol–water partition coefficient (Wildman–Crippen LogP) is 3.14. The Hall–Kier alpha value is -2.51. The minimum atomic E-state index is -0.384. The van der Waals surface area contributed by atoms with Gasteiger partial charge in [-0.2, -0.15) is 0 Å². The highest BCUT2D eigenvalue weighted by molar-refractivity contribution is 9.10. The van der Waals surface area contributed by atoms with Gasteiger partial charge in [0.1, 0.15) is 5.75 Å². The Morgan fingerprint density at radius 2 is 2.08 bits per heavy atom. The number of imidazole rings is 1. The second-order valence-corrected chi connectivity index (χ2v) is 7.28. The third kappa shape index (κ3) is 2.85. The summed E-state index contributed by atoms with van der Waals surface area (Å²) in [6.45, 7) is 1.35. The molecule has 25 heavy (non-hydrogen) atoms. The van der Waals surface area contributed by atoms with Crippen LogP contribution in [0.5, 0.6) is 5.75 Å². The van der Waals surface area contributed by atoms with Crippen LogP contribution < -0.4 is 14.8 Å². The molecule has 4 aromatic rings. The van der Waals surface area contributed by atoms with E-state index in [9.17, 15) is 9.59 Å². The first-order valence-corrected chi connectivity index (χ1v) is 9.03. The van der Waals surface area contributed by atoms with Crippen molar-refractivity contribution in [3.8, 4) is 5.75 Å². The summed E-state index contributed by atoms with van der Waals surface area (Å²) in [5.41, 5.74) is 2.36. The number of aromatic nitrogens is 2. The van der Waals surface area contributed by atoms with Crippen molar-refractivity contribution < 1.29 is 9.53 Å². The lowest BCUT2D eigenvalue weighted by molar-refractivity contribution is -0.131. The van der Waals surface area contributed by atoms with Crippen LogP contribution in [0, 0.1) is 0 Å². The number of fused-ring (bicyclic) bond motifs is 3. The average Bonchev–Trinajstić information content (AvgIpc) is 3.07. The molecule has 5 nitrogen and oxygen atoms in total. The Labute approximate surface area is 154 Å². The standard InChI is InChI=1S/C18H11BrN2O3S/c1-10(22)24-15-7-6-11(8-12(15)19)9-16-17(23)21-14-5-3-2-4-13(14)20-18(21)25-16/h2-9H,1H3/b16-9-. The van der Waals surface area contributed by atoms with Gasteiger partial charge >= 0.3 is 5.97 Å². The van der Waals surface area contributed by atoms with Gasteiger partial charge in [-0.3, -0.25) is 9.59 Å². The number of carbonyl (C=O) groups excluding carboxylic acids is 1. The molecule has 0 bridgehead atoms. The van der Waals surface area contributed by atoms with E-state index in [4.69, 9.17) is 4.74 Å². The molecule has 0 radical (unpaired) electrons. The summed E-state index contributed by atoms with van der Waals surface area (Å²) in [5.74, 6) is 0.0598. The van der Waals surface area contributed by atoms with Crippen LogP contribution >= 0.6 is 27.3 Å². The van der Waals surface area contributed by atoms with Crippen LogP contribution in [-0.4, -0.2) is 15.4 Å². The number of hydrogen-bond donors (Lipinski definition) is 0. The number of rotatable bonds is 2. The van der Waals surface area contributed by atoms with Crippen molar-refractivity contribution in [2.24, 2.45) is 0 Å². The van der Waals surface area contributed by atoms with Gasteiger partial charge in [0.05, 0.1) is 20.0 Å². The van der Waals surface area contributed by atoms with E-state index >= 15 is 0 Å². The molecule has 0 unspecified atom stereocenters. The summed E-state index contributed by atoms with van der Waals surface area (Å²) in [4.78, 5) is 29.0. The summed E-state index contributed by atoms with van der Waals surface area (Å²) in [7, 11) is 0. The molecular formula is C18H11BrN2O3S. The smallest absolute Gasteiger partial charge is 0.308 e. The number of carbonyl (C=O) groups is 1. The topological polar surface area (TPSA) is 60.7 Å². The zero-order chi connectivity index (χ0) is 17.6. The Kier molecular flexibility index (Phi) is 3.89. The maximum absolute atomic E-state index is 12.7. The fourth-order valence-corrected chi connectivity index (χ4v) is 4.07. The molecule has 0 saturated carbocycles. The molecule has 0 fully saturated rings. The molecule has 0 spiro atoms. The third-order valence-corrected chi connectivity index (χ3v) is 5.24. The molecular weight excluding hydrogens is 404 g/mol. The number of halogens is 1. The second-order valence-electron chi connectivity index (χ2n) is 5.42. The summed E-state index contributed by atoms with van der Waals surface area (Å²) >= 11 is 4.73. The van der Waals surface area contributed by atoms with Gasteiger partial charge in [0.2, 0.25) is 0 Å². The SMILES string of the molecule is CC(=O)Oc1ccc(/C=c2\sc3nc4ccccc4n3c2=O)cc1Br. The van der Waals surface area contributed by atoms with Gasteiger partial charge in [0.15, 0.2) is 4.96 Å². The van der Waals surface area contributed by atoms with Gasteiger partial charge in [0, 0.05) is 6.92 Å². The lowest BCUT2D eigenvalue weighted by atomic mass is 10.2. The van der Waals surface area contributed by atoms with Crippen molar-refractivity contribution in [2.45, 2.75) is 6.92 Å². The highest BCUT2D eigenvalue weighted by Gasteiger charge is 2.11. The first kappa shape index (κ1) is 16.0. The fourth-order valence-electron chi connectivity index (χ4n) is 2.61. The summed E-state index contributed by atoms with van der Waals surface area (Å²) in [6.07, 6.45) is 1.80. The first-order chi connectivity index (χ1) is 12.0. The monoisotopic (exact) mass is 414 g/mol. The van der Waals surface area contributed by atoms with E-state index in [0.29, 0.717) is 19.7 Å². The third-order valence-electron chi connectivity index (χ3n) is 3.65. The highest BCUT2D eigenvalue weighted by Crippen LogP contribution is 2.26. The van der Waals surface area contributed by atoms with E-state index in [1.165, 1.54) is 18.3 Å². The molecule has 0 aliphatic carbocycles. The Morgan fingerprint density at radius 3 is 2.84 bits per heavy atom. The van der Waals surface area contributed by atoms with E-state index in [-0.39, 0.29) is 11.5 Å². The summed E-state index contributed by atoms with van der Waals surface area (Å²) in [6, 6.07) is 12.9. The van der Waals surface area contributed by atoms with Gasteiger partial charge in [-0.1, -0.05) is 29.5 Å². The molecule has 0 saturated heterocycles. The number of hydrogen-bond acceptors (Lipinski definition) is 5. The largest absolute Gasteiger partial charge is 0.426 e. The first-order valence-electron chi connectivity index (χ1n) is 7.42. The Morgan fingerprint density at radius 1 is 1.28 bits per heavy atom. The summed E-state index contributed by atoms with van der Waals surface area (Å²) < 4.78 is 7.96. The quantitative estimate of drug-likeness (QED) is 0.373. The summed E-state index contributed by atoms with van der Waals surface area (Å²) in [5, 5.41) is 0. The van der Waals surface area contributed by atoms with Crippen LogP contribution in [0.3, 0.4) is 0 Å². The molecule has 2 heterocycles. The van der Waals surface area contributed by atoms with Crippen molar-refractivity contribution in [1.29, 1.82) is 0 Å². The Balaban J connectivity index is 1.84. The van der Waals surface area contributed by atoms with Crippen molar-refractivity contribution in [3.63, 3.8) is 0 Å². The van der Waals surface area contributed by atoms with Gasteiger partial charge in [-0.05, 0) is 51.8 Å². The van der Waals surface area contributed by atoms with Gasteiger partial charge in [0.25, 0.3) is 5.56 Å². The van der Waals surface area contributed by atoms with Gasteiger partial charge in [-0.25, -0.2) is 9.38 Å². The van der Waals surface area contributed by atoms with Crippen molar-refractivity contribution >= 4 is 55.3 Å². The van der Waals surface area contributed by atoms with Crippen LogP contribution in [-0.2, 0) is 4.79 Å². The van der Waals surface area contributed by atoms with E-state index < -0.39 is 0 Å². The maximum atomic E-state index is 12.7. The molecule has 4 rings (SSSR count). The van der Waals surface area contributed by atoms with E-state index in [1.807, 2.05) is 24.3 Å². The molecule has 2 aromatic carbocycles. The van der Waals surface area contributed by atoms with Crippen molar-refractivity contribution in [1.82, 2.24) is 9.38 Å². The molecule has 0 atom stereocenters. The number of esters is 1. The molecule has 0 aliphatic heterocycles. The average molecular weight is 415 g/mol. The van der Waals surface area contributed by atoms with E-state index in [2.05, 4.69) is 20.9 Å². The number of thiazole rings is 1. The number of nitrogens with zero attached hydrogens (tertiary/aromatic N) is 2. The Bertz CT molecular complexity index is 1240. The van der Waals surface area contributed by atoms with Crippen molar-refractivity contribution in [2.75, 3.05) is 0 Å². The molecule has 0 N–H and O–H groups in total. The molecule has 124 valence electrons. The van der Waals surface area contributed by atoms with Crippen LogP contribution in [0.15, 0.2) is 51.7 Å². The van der Waals surface area contributed by atoms with Crippen LogP contribution in [0.25, 0.3) is 22.1 Å². The molecule has 7 heteroatoms. The number of para-hydroxylation sites is 2. The van der Waals surface area contributed by atoms with Crippen LogP contribution in [0.2, 0.25) is 0 Å². The van der Waals surface area contributed by atoms with E-state index in [0.717, 1.165) is 16.6 Å². The normalized spacial score (nSPS) is 12.2. The maximum Gasteiger partial charge on any atom is 0.308 e. The predicted molar refractivity (Wildman–Crippen MR) is 101 cm³/mol. The zero-order valence-electron chi connectivity index (χ0n) is 13.0. The lowest BCUT2D eigenvalue weighted by Gasteiger charge is -2.04. The van der Waals surface area contributed by atoms with Gasteiger partial charge in [-0.15, -0.1) is 0 Å². The van der Waals surface area contributed by atoms with E-state index in [1.54, 1.807) is 28.7 Å². The molecule has 0 aliphatic rings. The number of ether oxygens (including phenoxy) is 1. The van der Waals surface area contributed by atoms with Crippen LogP contribution in [0.1, 0.15) is 12.5 Å². The highest BCUT2D eigenvalue weighted by atomic mass is 79.9. The van der Waals surface area contributed by atoms with Crippen molar-refractivity contribution in [3.05, 3.63) is 67.4 Å². The minimum Gasteiger partial charge on any atom is -0.426 e.